The third-order valence-electron chi connectivity index (χ3n) is 4.35. The highest BCUT2D eigenvalue weighted by atomic mass is 32.2. The maximum absolute atomic E-state index is 12.8. The molecule has 2 aromatic rings. The van der Waals surface area contributed by atoms with Crippen LogP contribution in [0, 0.1) is 0 Å². The summed E-state index contributed by atoms with van der Waals surface area (Å²) < 4.78 is 4.76. The van der Waals surface area contributed by atoms with Gasteiger partial charge in [-0.2, -0.15) is 0 Å². The number of thioether (sulfide) groups is 1. The van der Waals surface area contributed by atoms with E-state index in [9.17, 15) is 9.59 Å². The predicted octanol–water partition coefficient (Wildman–Crippen LogP) is 3.68. The molecule has 25 heavy (non-hydrogen) atoms. The molecule has 1 unspecified atom stereocenters. The highest BCUT2D eigenvalue weighted by molar-refractivity contribution is 7.99. The average molecular weight is 355 g/mol. The van der Waals surface area contributed by atoms with E-state index in [-0.39, 0.29) is 17.1 Å². The number of carbonyl (C=O) groups is 2. The molecule has 0 saturated carbocycles. The van der Waals surface area contributed by atoms with E-state index in [1.807, 2.05) is 42.2 Å². The summed E-state index contributed by atoms with van der Waals surface area (Å²) in [6.07, 6.45) is 0.766. The van der Waals surface area contributed by atoms with Crippen LogP contribution in [0.1, 0.15) is 28.4 Å². The monoisotopic (exact) mass is 355 g/mol. The normalized spacial score (nSPS) is 14.1. The molecule has 3 rings (SSSR count). The van der Waals surface area contributed by atoms with Crippen molar-refractivity contribution in [3.05, 3.63) is 65.2 Å². The number of fused-ring (bicyclic) bond motifs is 1. The first kappa shape index (κ1) is 17.5. The van der Waals surface area contributed by atoms with Gasteiger partial charge < -0.3 is 9.64 Å². The molecule has 4 nitrogen and oxygen atoms in total. The SMILES string of the molecule is COC(=O)c1ccc2c(c1)CCN2C(=O)C(C)SCc1ccccc1. The molecular formula is C20H21NO3S. The molecular weight excluding hydrogens is 334 g/mol. The number of hydrogen-bond acceptors (Lipinski definition) is 4. The highest BCUT2D eigenvalue weighted by Crippen LogP contribution is 2.31. The summed E-state index contributed by atoms with van der Waals surface area (Å²) in [5, 5.41) is -0.119. The number of anilines is 1. The van der Waals surface area contributed by atoms with Crippen molar-refractivity contribution in [3.8, 4) is 0 Å². The molecule has 1 amide bonds. The lowest BCUT2D eigenvalue weighted by Gasteiger charge is -2.21. The Morgan fingerprint density at radius 1 is 1.20 bits per heavy atom. The van der Waals surface area contributed by atoms with Crippen LogP contribution in [0.5, 0.6) is 0 Å². The molecule has 0 aliphatic carbocycles. The zero-order valence-electron chi connectivity index (χ0n) is 14.4. The largest absolute Gasteiger partial charge is 0.465 e. The van der Waals surface area contributed by atoms with Crippen LogP contribution in [-0.2, 0) is 21.7 Å². The first-order valence-electron chi connectivity index (χ1n) is 8.28. The van der Waals surface area contributed by atoms with E-state index in [0.717, 1.165) is 23.4 Å². The highest BCUT2D eigenvalue weighted by Gasteiger charge is 2.28. The molecule has 0 spiro atoms. The average Bonchev–Trinajstić information content (AvgIpc) is 3.08. The van der Waals surface area contributed by atoms with E-state index < -0.39 is 0 Å². The van der Waals surface area contributed by atoms with Crippen molar-refractivity contribution in [1.29, 1.82) is 0 Å². The molecule has 0 aromatic heterocycles. The van der Waals surface area contributed by atoms with Gasteiger partial charge in [-0.1, -0.05) is 30.3 Å². The van der Waals surface area contributed by atoms with Gasteiger partial charge in [-0.15, -0.1) is 11.8 Å². The second kappa shape index (κ2) is 7.74. The second-order valence-electron chi connectivity index (χ2n) is 6.01. The Morgan fingerprint density at radius 3 is 2.68 bits per heavy atom. The fourth-order valence-electron chi connectivity index (χ4n) is 2.96. The van der Waals surface area contributed by atoms with Crippen LogP contribution in [0.2, 0.25) is 0 Å². The Labute approximate surface area is 152 Å². The van der Waals surface area contributed by atoms with Gasteiger partial charge >= 0.3 is 5.97 Å². The zero-order valence-corrected chi connectivity index (χ0v) is 15.2. The summed E-state index contributed by atoms with van der Waals surface area (Å²) in [5.41, 5.74) is 3.68. The Kier molecular flexibility index (Phi) is 5.43. The smallest absolute Gasteiger partial charge is 0.337 e. The molecule has 1 atom stereocenters. The number of esters is 1. The molecule has 0 radical (unpaired) electrons. The minimum Gasteiger partial charge on any atom is -0.465 e. The fourth-order valence-corrected chi connectivity index (χ4v) is 3.87. The van der Waals surface area contributed by atoms with Gasteiger partial charge in [0.1, 0.15) is 0 Å². The summed E-state index contributed by atoms with van der Waals surface area (Å²) in [7, 11) is 1.37. The summed E-state index contributed by atoms with van der Waals surface area (Å²) in [6.45, 7) is 2.62. The lowest BCUT2D eigenvalue weighted by molar-refractivity contribution is -0.117. The number of benzene rings is 2. The van der Waals surface area contributed by atoms with E-state index in [4.69, 9.17) is 4.74 Å². The van der Waals surface area contributed by atoms with E-state index in [1.54, 1.807) is 17.8 Å². The standard InChI is InChI=1S/C20H21NO3S/c1-14(25-13-15-6-4-3-5-7-15)19(22)21-11-10-16-12-17(20(23)24-2)8-9-18(16)21/h3-9,12,14H,10-11,13H2,1-2H3. The van der Waals surface area contributed by atoms with Gasteiger partial charge in [-0.25, -0.2) is 4.79 Å². The number of nitrogens with zero attached hydrogens (tertiary/aromatic N) is 1. The van der Waals surface area contributed by atoms with E-state index in [2.05, 4.69) is 12.1 Å². The van der Waals surface area contributed by atoms with Crippen LogP contribution in [0.15, 0.2) is 48.5 Å². The molecule has 1 aliphatic heterocycles. The molecule has 1 heterocycles. The van der Waals surface area contributed by atoms with Gasteiger partial charge in [0, 0.05) is 18.0 Å². The predicted molar refractivity (Wildman–Crippen MR) is 101 cm³/mol. The topological polar surface area (TPSA) is 46.6 Å². The number of amides is 1. The molecule has 2 aromatic carbocycles. The van der Waals surface area contributed by atoms with Crippen molar-refractivity contribution < 1.29 is 14.3 Å². The van der Waals surface area contributed by atoms with Crippen LogP contribution < -0.4 is 4.90 Å². The number of ether oxygens (including phenoxy) is 1. The van der Waals surface area contributed by atoms with Gasteiger partial charge in [0.15, 0.2) is 0 Å². The van der Waals surface area contributed by atoms with Gasteiger partial charge in [0.2, 0.25) is 5.91 Å². The van der Waals surface area contributed by atoms with Crippen LogP contribution in [-0.4, -0.2) is 30.8 Å². The van der Waals surface area contributed by atoms with Crippen molar-refractivity contribution in [2.75, 3.05) is 18.6 Å². The quantitative estimate of drug-likeness (QED) is 0.768. The summed E-state index contributed by atoms with van der Waals surface area (Å²) in [4.78, 5) is 26.3. The van der Waals surface area contributed by atoms with Crippen LogP contribution in [0.4, 0.5) is 5.69 Å². The second-order valence-corrected chi connectivity index (χ2v) is 7.34. The summed E-state index contributed by atoms with van der Waals surface area (Å²) in [5.74, 6) is 0.584. The number of rotatable bonds is 5. The van der Waals surface area contributed by atoms with Gasteiger partial charge in [-0.05, 0) is 42.7 Å². The summed E-state index contributed by atoms with van der Waals surface area (Å²) in [6, 6.07) is 15.6. The number of carbonyl (C=O) groups excluding carboxylic acids is 2. The molecule has 0 saturated heterocycles. The number of methoxy groups -OCH3 is 1. The maximum Gasteiger partial charge on any atom is 0.337 e. The van der Waals surface area contributed by atoms with Gasteiger partial charge in [-0.3, -0.25) is 4.79 Å². The fraction of sp³-hybridized carbons (Fsp3) is 0.300. The molecule has 0 bridgehead atoms. The molecule has 0 N–H and O–H groups in total. The molecule has 130 valence electrons. The molecule has 0 fully saturated rings. The minimum atomic E-state index is -0.348. The van der Waals surface area contributed by atoms with Crippen molar-refractivity contribution in [2.24, 2.45) is 0 Å². The Morgan fingerprint density at radius 2 is 1.96 bits per heavy atom. The minimum absolute atomic E-state index is 0.116. The lowest BCUT2D eigenvalue weighted by atomic mass is 10.1. The van der Waals surface area contributed by atoms with Crippen LogP contribution in [0.3, 0.4) is 0 Å². The molecule has 1 aliphatic rings. The first-order valence-corrected chi connectivity index (χ1v) is 9.33. The third-order valence-corrected chi connectivity index (χ3v) is 5.55. The van der Waals surface area contributed by atoms with Crippen molar-refractivity contribution in [1.82, 2.24) is 0 Å². The van der Waals surface area contributed by atoms with Crippen molar-refractivity contribution in [3.63, 3.8) is 0 Å². The first-order chi connectivity index (χ1) is 12.1. The van der Waals surface area contributed by atoms with Crippen molar-refractivity contribution in [2.45, 2.75) is 24.3 Å². The maximum atomic E-state index is 12.8. The summed E-state index contributed by atoms with van der Waals surface area (Å²) >= 11 is 1.65. The van der Waals surface area contributed by atoms with E-state index >= 15 is 0 Å². The Bertz CT molecular complexity index is 776. The molecule has 5 heteroatoms. The lowest BCUT2D eigenvalue weighted by Crippen LogP contribution is -2.35. The number of hydrogen-bond donors (Lipinski definition) is 0. The van der Waals surface area contributed by atoms with Gasteiger partial charge in [0.05, 0.1) is 17.9 Å². The van der Waals surface area contributed by atoms with E-state index in [0.29, 0.717) is 12.1 Å². The van der Waals surface area contributed by atoms with E-state index in [1.165, 1.54) is 12.7 Å². The third kappa shape index (κ3) is 3.87. The zero-order chi connectivity index (χ0) is 17.8. The van der Waals surface area contributed by atoms with Crippen LogP contribution >= 0.6 is 11.8 Å². The Hall–Kier alpha value is -2.27. The Balaban J connectivity index is 1.67. The van der Waals surface area contributed by atoms with Crippen molar-refractivity contribution >= 4 is 29.3 Å². The van der Waals surface area contributed by atoms with Gasteiger partial charge in [0.25, 0.3) is 0 Å². The van der Waals surface area contributed by atoms with Crippen LogP contribution in [0.25, 0.3) is 0 Å².